The van der Waals surface area contributed by atoms with E-state index < -0.39 is 0 Å². The molecule has 2 aromatic rings. The zero-order chi connectivity index (χ0) is 13.1. The lowest BCUT2D eigenvalue weighted by Crippen LogP contribution is -2.04. The molecule has 0 aliphatic carbocycles. The number of aliphatic hydroxyl groups is 1. The van der Waals surface area contributed by atoms with E-state index >= 15 is 0 Å². The molecule has 0 saturated carbocycles. The molecule has 1 heterocycles. The Morgan fingerprint density at radius 1 is 1.39 bits per heavy atom. The Balaban J connectivity index is 2.49. The summed E-state index contributed by atoms with van der Waals surface area (Å²) in [4.78, 5) is 0. The lowest BCUT2D eigenvalue weighted by molar-refractivity contribution is 0.275. The molecule has 0 aliphatic rings. The van der Waals surface area contributed by atoms with Crippen LogP contribution in [-0.2, 0) is 13.0 Å². The predicted molar refractivity (Wildman–Crippen MR) is 71.0 cm³/mol. The fraction of sp³-hybridized carbons (Fsp3) is 0.385. The molecule has 1 aromatic carbocycles. The van der Waals surface area contributed by atoms with Crippen molar-refractivity contribution in [2.75, 3.05) is 0 Å². The zero-order valence-electron chi connectivity index (χ0n) is 10.5. The number of aliphatic hydroxyl groups excluding tert-OH is 1. The van der Waals surface area contributed by atoms with E-state index in [0.29, 0.717) is 10.7 Å². The summed E-state index contributed by atoms with van der Waals surface area (Å²) < 4.78 is 1.75. The van der Waals surface area contributed by atoms with Crippen LogP contribution in [0.4, 0.5) is 0 Å². The molecule has 0 spiro atoms. The third-order valence-corrected chi connectivity index (χ3v) is 3.29. The highest BCUT2D eigenvalue weighted by Gasteiger charge is 2.13. The summed E-state index contributed by atoms with van der Waals surface area (Å²) in [5.74, 6) is 0. The monoisotopic (exact) mass is 265 g/mol. The van der Waals surface area contributed by atoms with Gasteiger partial charge in [0.2, 0.25) is 0 Å². The Hall–Kier alpha value is -1.39. The van der Waals surface area contributed by atoms with Crippen molar-refractivity contribution >= 4 is 11.6 Å². The number of rotatable bonds is 4. The average Bonchev–Trinajstić information content (AvgIpc) is 2.76. The van der Waals surface area contributed by atoms with Crippen molar-refractivity contribution in [3.8, 4) is 5.69 Å². The summed E-state index contributed by atoms with van der Waals surface area (Å²) in [5, 5.41) is 18.1. The minimum atomic E-state index is -0.0884. The summed E-state index contributed by atoms with van der Waals surface area (Å²) >= 11 is 6.12. The van der Waals surface area contributed by atoms with Crippen molar-refractivity contribution in [1.29, 1.82) is 0 Å². The summed E-state index contributed by atoms with van der Waals surface area (Å²) in [6.45, 7) is 3.95. The molecule has 0 aliphatic heterocycles. The average molecular weight is 266 g/mol. The Labute approximate surface area is 111 Å². The van der Waals surface area contributed by atoms with E-state index in [4.69, 9.17) is 11.6 Å². The molecule has 96 valence electrons. The molecule has 0 saturated heterocycles. The molecule has 5 heteroatoms. The van der Waals surface area contributed by atoms with Crippen LogP contribution in [0.15, 0.2) is 18.2 Å². The van der Waals surface area contributed by atoms with Crippen LogP contribution in [-0.4, -0.2) is 20.1 Å². The van der Waals surface area contributed by atoms with Crippen LogP contribution in [0.25, 0.3) is 5.69 Å². The van der Waals surface area contributed by atoms with E-state index in [1.165, 1.54) is 0 Å². The van der Waals surface area contributed by atoms with Crippen molar-refractivity contribution in [1.82, 2.24) is 15.0 Å². The molecule has 0 atom stereocenters. The minimum Gasteiger partial charge on any atom is -0.390 e. The van der Waals surface area contributed by atoms with Gasteiger partial charge in [0, 0.05) is 5.02 Å². The van der Waals surface area contributed by atoms with Gasteiger partial charge in [0.15, 0.2) is 0 Å². The van der Waals surface area contributed by atoms with Crippen LogP contribution in [0, 0.1) is 6.92 Å². The smallest absolute Gasteiger partial charge is 0.112 e. The molecule has 1 aromatic heterocycles. The fourth-order valence-corrected chi connectivity index (χ4v) is 2.04. The number of nitrogens with zero attached hydrogens (tertiary/aromatic N) is 3. The van der Waals surface area contributed by atoms with Crippen LogP contribution in [0.3, 0.4) is 0 Å². The van der Waals surface area contributed by atoms with E-state index in [1.807, 2.05) is 25.1 Å². The predicted octanol–water partition coefficient (Wildman–Crippen LogP) is 2.67. The first-order chi connectivity index (χ1) is 8.67. The molecule has 4 nitrogen and oxygen atoms in total. The maximum absolute atomic E-state index is 9.26. The SMILES string of the molecule is CCCc1c(CO)nnn1-c1ccc(C)c(Cl)c1. The first kappa shape index (κ1) is 13.1. The van der Waals surface area contributed by atoms with Gasteiger partial charge in [-0.3, -0.25) is 0 Å². The maximum Gasteiger partial charge on any atom is 0.112 e. The van der Waals surface area contributed by atoms with E-state index in [1.54, 1.807) is 4.68 Å². The lowest BCUT2D eigenvalue weighted by atomic mass is 10.2. The summed E-state index contributed by atoms with van der Waals surface area (Å²) in [7, 11) is 0. The van der Waals surface area contributed by atoms with Crippen LogP contribution in [0.1, 0.15) is 30.3 Å². The molecule has 0 amide bonds. The van der Waals surface area contributed by atoms with Gasteiger partial charge in [-0.15, -0.1) is 5.10 Å². The van der Waals surface area contributed by atoms with Gasteiger partial charge in [0.25, 0.3) is 0 Å². The number of aromatic nitrogens is 3. The third kappa shape index (κ3) is 2.40. The first-order valence-corrected chi connectivity index (χ1v) is 6.36. The van der Waals surface area contributed by atoms with Gasteiger partial charge in [0.1, 0.15) is 5.69 Å². The van der Waals surface area contributed by atoms with E-state index in [2.05, 4.69) is 17.2 Å². The number of hydrogen-bond acceptors (Lipinski definition) is 3. The van der Waals surface area contributed by atoms with E-state index in [9.17, 15) is 5.11 Å². The molecule has 0 radical (unpaired) electrons. The summed E-state index contributed by atoms with van der Waals surface area (Å²) in [6, 6.07) is 5.77. The fourth-order valence-electron chi connectivity index (χ4n) is 1.86. The van der Waals surface area contributed by atoms with Crippen LogP contribution < -0.4 is 0 Å². The minimum absolute atomic E-state index is 0.0884. The quantitative estimate of drug-likeness (QED) is 0.925. The molecule has 0 fully saturated rings. The normalized spacial score (nSPS) is 10.9. The highest BCUT2D eigenvalue weighted by molar-refractivity contribution is 6.31. The first-order valence-electron chi connectivity index (χ1n) is 5.98. The van der Waals surface area contributed by atoms with E-state index in [0.717, 1.165) is 29.8 Å². The Bertz CT molecular complexity index is 551. The summed E-state index contributed by atoms with van der Waals surface area (Å²) in [6.07, 6.45) is 1.80. The Morgan fingerprint density at radius 2 is 2.17 bits per heavy atom. The Morgan fingerprint density at radius 3 is 2.78 bits per heavy atom. The van der Waals surface area contributed by atoms with Crippen LogP contribution >= 0.6 is 11.6 Å². The summed E-state index contributed by atoms with van der Waals surface area (Å²) in [5.41, 5.74) is 3.48. The van der Waals surface area contributed by atoms with Gasteiger partial charge in [-0.25, -0.2) is 4.68 Å². The molecular formula is C13H16ClN3O. The van der Waals surface area contributed by atoms with Gasteiger partial charge < -0.3 is 5.11 Å². The second kappa shape index (κ2) is 5.50. The van der Waals surface area contributed by atoms with Gasteiger partial charge in [-0.1, -0.05) is 36.2 Å². The number of hydrogen-bond donors (Lipinski definition) is 1. The molecule has 18 heavy (non-hydrogen) atoms. The van der Waals surface area contributed by atoms with Crippen molar-refractivity contribution in [2.24, 2.45) is 0 Å². The van der Waals surface area contributed by atoms with Gasteiger partial charge in [-0.2, -0.15) is 0 Å². The van der Waals surface area contributed by atoms with Crippen molar-refractivity contribution in [3.05, 3.63) is 40.2 Å². The largest absolute Gasteiger partial charge is 0.390 e. The van der Waals surface area contributed by atoms with Crippen LogP contribution in [0.2, 0.25) is 5.02 Å². The highest BCUT2D eigenvalue weighted by Crippen LogP contribution is 2.21. The number of halogens is 1. The van der Waals surface area contributed by atoms with Gasteiger partial charge in [0.05, 0.1) is 18.0 Å². The highest BCUT2D eigenvalue weighted by atomic mass is 35.5. The standard InChI is InChI=1S/C13H16ClN3O/c1-3-4-13-12(8-18)15-16-17(13)10-6-5-9(2)11(14)7-10/h5-7,18H,3-4,8H2,1-2H3. The third-order valence-electron chi connectivity index (χ3n) is 2.88. The van der Waals surface area contributed by atoms with Gasteiger partial charge >= 0.3 is 0 Å². The molecule has 2 rings (SSSR count). The molecule has 0 bridgehead atoms. The maximum atomic E-state index is 9.26. The second-order valence-corrected chi connectivity index (χ2v) is 4.64. The van der Waals surface area contributed by atoms with Crippen LogP contribution in [0.5, 0.6) is 0 Å². The molecule has 0 unspecified atom stereocenters. The number of aryl methyl sites for hydroxylation is 1. The van der Waals surface area contributed by atoms with Crippen molar-refractivity contribution < 1.29 is 5.11 Å². The zero-order valence-corrected chi connectivity index (χ0v) is 11.3. The number of benzene rings is 1. The van der Waals surface area contributed by atoms with E-state index in [-0.39, 0.29) is 6.61 Å². The van der Waals surface area contributed by atoms with Crippen molar-refractivity contribution in [2.45, 2.75) is 33.3 Å². The molecular weight excluding hydrogens is 250 g/mol. The Kier molecular flexibility index (Phi) is 3.99. The lowest BCUT2D eigenvalue weighted by Gasteiger charge is -2.08. The van der Waals surface area contributed by atoms with Gasteiger partial charge in [-0.05, 0) is 31.0 Å². The van der Waals surface area contributed by atoms with Crippen molar-refractivity contribution in [3.63, 3.8) is 0 Å². The topological polar surface area (TPSA) is 50.9 Å². The molecule has 1 N–H and O–H groups in total. The second-order valence-electron chi connectivity index (χ2n) is 4.24.